The number of aliphatic hydroxyl groups excluding tert-OH is 2. The van der Waals surface area contributed by atoms with Crippen LogP contribution in [-0.2, 0) is 20.1 Å². The van der Waals surface area contributed by atoms with Crippen LogP contribution in [0.4, 0.5) is 0 Å². The van der Waals surface area contributed by atoms with Crippen molar-refractivity contribution >= 4 is 10.4 Å². The average Bonchev–Trinajstić information content (AvgIpc) is 2.08. The Morgan fingerprint density at radius 3 is 1.53 bits per heavy atom. The van der Waals surface area contributed by atoms with E-state index in [0.29, 0.717) is 0 Å². The molecule has 0 aliphatic heterocycles. The third kappa shape index (κ3) is 31.6. The molecular formula is C5H15NO8S. The van der Waals surface area contributed by atoms with E-state index in [1.807, 2.05) is 0 Å². The average molecular weight is 249 g/mol. The minimum atomic E-state index is -4.67. The smallest absolute Gasteiger partial charge is 0.394 e. The Kier molecular flexibility index (Phi) is 11.6. The molecule has 4 N–H and O–H groups in total. The normalized spacial score (nSPS) is 11.1. The second kappa shape index (κ2) is 10.2. The molecule has 0 rings (SSSR count). The van der Waals surface area contributed by atoms with Crippen LogP contribution in [0.15, 0.2) is 0 Å². The van der Waals surface area contributed by atoms with Crippen molar-refractivity contribution in [2.24, 2.45) is 0 Å². The Labute approximate surface area is 87.3 Å². The Morgan fingerprint density at radius 1 is 1.07 bits per heavy atom. The molecule has 0 radical (unpaired) electrons. The predicted octanol–water partition coefficient (Wildman–Crippen LogP) is -1.89. The lowest BCUT2D eigenvalue weighted by Crippen LogP contribution is -2.22. The maximum atomic E-state index is 8.74. The van der Waals surface area contributed by atoms with Gasteiger partial charge in [-0.1, -0.05) is 5.23 Å². The molecule has 9 nitrogen and oxygen atoms in total. The number of hydrogen-bond acceptors (Lipinski definition) is 7. The third-order valence-corrected chi connectivity index (χ3v) is 0.729. The summed E-state index contributed by atoms with van der Waals surface area (Å²) in [4.78, 5) is 9.49. The standard InChI is InChI=1S/C5H13NO4.H2O4S/c1-6(9-4-2-7)10-5-3-8;1-5(2,3)4/h7-8H,2-5H2,1H3;(H2,1,2,3,4). The molecule has 0 aliphatic rings. The second-order valence-electron chi connectivity index (χ2n) is 2.00. The maximum Gasteiger partial charge on any atom is 0.394 e. The maximum absolute atomic E-state index is 8.74. The summed E-state index contributed by atoms with van der Waals surface area (Å²) in [6, 6.07) is 0. The molecule has 0 atom stereocenters. The van der Waals surface area contributed by atoms with E-state index < -0.39 is 10.4 Å². The summed E-state index contributed by atoms with van der Waals surface area (Å²) in [5.74, 6) is 0. The van der Waals surface area contributed by atoms with Gasteiger partial charge >= 0.3 is 10.4 Å². The summed E-state index contributed by atoms with van der Waals surface area (Å²) >= 11 is 0. The zero-order valence-electron chi connectivity index (χ0n) is 8.11. The van der Waals surface area contributed by atoms with E-state index in [4.69, 9.17) is 37.4 Å². The van der Waals surface area contributed by atoms with E-state index in [1.165, 1.54) is 0 Å². The molecule has 0 aromatic carbocycles. The number of hydrogen-bond donors (Lipinski definition) is 4. The van der Waals surface area contributed by atoms with Gasteiger partial charge in [0.05, 0.1) is 26.4 Å². The van der Waals surface area contributed by atoms with Crippen LogP contribution < -0.4 is 0 Å². The Bertz CT molecular complexity index is 201. The van der Waals surface area contributed by atoms with E-state index in [1.54, 1.807) is 7.05 Å². The number of nitrogens with zero attached hydrogens (tertiary/aromatic N) is 1. The first-order chi connectivity index (χ1) is 6.81. The van der Waals surface area contributed by atoms with Gasteiger partial charge in [-0.05, 0) is 0 Å². The summed E-state index contributed by atoms with van der Waals surface area (Å²) in [5.41, 5.74) is 0. The lowest BCUT2D eigenvalue weighted by atomic mass is 10.8. The van der Waals surface area contributed by atoms with Crippen LogP contribution in [-0.4, -0.2) is 66.4 Å². The monoisotopic (exact) mass is 249 g/mol. The minimum Gasteiger partial charge on any atom is -0.394 e. The van der Waals surface area contributed by atoms with Gasteiger partial charge in [0.1, 0.15) is 0 Å². The van der Waals surface area contributed by atoms with Crippen LogP contribution in [0, 0.1) is 0 Å². The van der Waals surface area contributed by atoms with Crippen LogP contribution >= 0.6 is 0 Å². The molecule has 0 amide bonds. The van der Waals surface area contributed by atoms with Crippen LogP contribution in [0.5, 0.6) is 0 Å². The van der Waals surface area contributed by atoms with E-state index in [0.717, 1.165) is 5.23 Å². The molecular weight excluding hydrogens is 234 g/mol. The molecule has 0 bridgehead atoms. The first kappa shape index (κ1) is 17.1. The van der Waals surface area contributed by atoms with Crippen LogP contribution in [0.2, 0.25) is 0 Å². The zero-order valence-corrected chi connectivity index (χ0v) is 8.92. The van der Waals surface area contributed by atoms with Crippen LogP contribution in [0.3, 0.4) is 0 Å². The van der Waals surface area contributed by atoms with E-state index in [-0.39, 0.29) is 26.4 Å². The Morgan fingerprint density at radius 2 is 1.33 bits per heavy atom. The van der Waals surface area contributed by atoms with Gasteiger partial charge in [-0.2, -0.15) is 8.42 Å². The van der Waals surface area contributed by atoms with Gasteiger partial charge in [-0.3, -0.25) is 18.8 Å². The SMILES string of the molecule is CN(OCCO)OCCO.O=S(=O)(O)O. The van der Waals surface area contributed by atoms with Crippen molar-refractivity contribution < 1.29 is 37.4 Å². The van der Waals surface area contributed by atoms with Gasteiger partial charge < -0.3 is 10.2 Å². The third-order valence-electron chi connectivity index (χ3n) is 0.729. The van der Waals surface area contributed by atoms with Gasteiger partial charge in [-0.25, -0.2) is 0 Å². The summed E-state index contributed by atoms with van der Waals surface area (Å²) in [7, 11) is -3.12. The molecule has 0 fully saturated rings. The van der Waals surface area contributed by atoms with Gasteiger partial charge in [0.25, 0.3) is 0 Å². The molecule has 10 heteroatoms. The summed E-state index contributed by atoms with van der Waals surface area (Å²) in [6.45, 7) is 0.295. The van der Waals surface area contributed by atoms with Crippen molar-refractivity contribution in [1.82, 2.24) is 5.23 Å². The van der Waals surface area contributed by atoms with E-state index in [2.05, 4.69) is 0 Å². The molecule has 0 saturated carbocycles. The highest BCUT2D eigenvalue weighted by molar-refractivity contribution is 7.79. The van der Waals surface area contributed by atoms with Crippen molar-refractivity contribution in [3.8, 4) is 0 Å². The van der Waals surface area contributed by atoms with Gasteiger partial charge in [0.2, 0.25) is 0 Å². The first-order valence-corrected chi connectivity index (χ1v) is 5.12. The lowest BCUT2D eigenvalue weighted by Gasteiger charge is -2.13. The molecule has 0 aromatic heterocycles. The van der Waals surface area contributed by atoms with Gasteiger partial charge in [0, 0.05) is 7.05 Å². The quantitative estimate of drug-likeness (QED) is 0.314. The summed E-state index contributed by atoms with van der Waals surface area (Å²) in [6.07, 6.45) is 0. The second-order valence-corrected chi connectivity index (χ2v) is 2.90. The summed E-state index contributed by atoms with van der Waals surface area (Å²) < 4.78 is 31.6. The fourth-order valence-electron chi connectivity index (χ4n) is 0.376. The number of hydroxylamine groups is 2. The fraction of sp³-hybridized carbons (Fsp3) is 1.00. The van der Waals surface area contributed by atoms with Crippen molar-refractivity contribution in [3.05, 3.63) is 0 Å². The van der Waals surface area contributed by atoms with Crippen molar-refractivity contribution in [3.63, 3.8) is 0 Å². The van der Waals surface area contributed by atoms with Crippen molar-refractivity contribution in [2.45, 2.75) is 0 Å². The fourth-order valence-corrected chi connectivity index (χ4v) is 0.376. The molecule has 0 aromatic rings. The van der Waals surface area contributed by atoms with Crippen molar-refractivity contribution in [1.29, 1.82) is 0 Å². The largest absolute Gasteiger partial charge is 0.394 e. The summed E-state index contributed by atoms with van der Waals surface area (Å²) in [5, 5.41) is 17.7. The van der Waals surface area contributed by atoms with E-state index >= 15 is 0 Å². The molecule has 0 saturated heterocycles. The lowest BCUT2D eigenvalue weighted by molar-refractivity contribution is -0.356. The highest BCUT2D eigenvalue weighted by Crippen LogP contribution is 1.85. The topological polar surface area (TPSA) is 137 Å². The predicted molar refractivity (Wildman–Crippen MR) is 48.0 cm³/mol. The highest BCUT2D eigenvalue weighted by atomic mass is 32.3. The van der Waals surface area contributed by atoms with Crippen LogP contribution in [0.1, 0.15) is 0 Å². The minimum absolute atomic E-state index is 0.0488. The molecule has 0 heterocycles. The highest BCUT2D eigenvalue weighted by Gasteiger charge is 1.95. The Hall–Kier alpha value is -0.330. The zero-order chi connectivity index (χ0) is 12.3. The van der Waals surface area contributed by atoms with Crippen LogP contribution in [0.25, 0.3) is 0 Å². The molecule has 0 unspecified atom stereocenters. The van der Waals surface area contributed by atoms with Gasteiger partial charge in [0.15, 0.2) is 0 Å². The number of aliphatic hydroxyl groups is 2. The molecule has 0 spiro atoms. The van der Waals surface area contributed by atoms with Crippen molar-refractivity contribution in [2.75, 3.05) is 33.5 Å². The molecule has 0 aliphatic carbocycles. The first-order valence-electron chi connectivity index (χ1n) is 3.72. The molecule has 94 valence electrons. The van der Waals surface area contributed by atoms with Gasteiger partial charge in [-0.15, -0.1) is 0 Å². The Balaban J connectivity index is 0. The molecule has 15 heavy (non-hydrogen) atoms. The van der Waals surface area contributed by atoms with E-state index in [9.17, 15) is 0 Å². The number of rotatable bonds is 6.